The van der Waals surface area contributed by atoms with Crippen molar-refractivity contribution < 1.29 is 9.47 Å². The van der Waals surface area contributed by atoms with E-state index >= 15 is 0 Å². The van der Waals surface area contributed by atoms with Gasteiger partial charge in [0.05, 0.1) is 28.4 Å². The minimum Gasteiger partial charge on any atom is -0.491 e. The van der Waals surface area contributed by atoms with Gasteiger partial charge in [-0.15, -0.1) is 0 Å². The monoisotopic (exact) mass is 389 g/mol. The Morgan fingerprint density at radius 1 is 1.23 bits per heavy atom. The predicted molar refractivity (Wildman–Crippen MR) is 101 cm³/mol. The normalized spacial score (nSPS) is 14.9. The molecule has 0 unspecified atom stereocenters. The summed E-state index contributed by atoms with van der Waals surface area (Å²) in [5.74, 6) is 0.933. The SMILES string of the molecule is COc1ccc(C(C#N)=Cc2c(Cl)cncc2Cl)nc1OC1CCCC1. The van der Waals surface area contributed by atoms with Gasteiger partial charge in [-0.1, -0.05) is 23.2 Å². The van der Waals surface area contributed by atoms with Gasteiger partial charge in [0.2, 0.25) is 0 Å². The number of nitriles is 1. The van der Waals surface area contributed by atoms with Crippen LogP contribution in [-0.4, -0.2) is 23.2 Å². The van der Waals surface area contributed by atoms with Crippen LogP contribution in [0.1, 0.15) is 36.9 Å². The van der Waals surface area contributed by atoms with E-state index in [0.717, 1.165) is 25.7 Å². The molecule has 0 saturated heterocycles. The lowest BCUT2D eigenvalue weighted by atomic mass is 10.1. The van der Waals surface area contributed by atoms with E-state index < -0.39 is 0 Å². The van der Waals surface area contributed by atoms with Gasteiger partial charge in [0.1, 0.15) is 12.2 Å². The van der Waals surface area contributed by atoms with Gasteiger partial charge in [-0.3, -0.25) is 4.98 Å². The molecule has 0 aromatic carbocycles. The molecular formula is C19H17Cl2N3O2. The Kier molecular flexibility index (Phi) is 5.97. The minimum absolute atomic E-state index is 0.130. The highest BCUT2D eigenvalue weighted by atomic mass is 35.5. The number of pyridine rings is 2. The molecule has 0 radical (unpaired) electrons. The van der Waals surface area contributed by atoms with Crippen LogP contribution in [-0.2, 0) is 0 Å². The number of rotatable bonds is 5. The van der Waals surface area contributed by atoms with Gasteiger partial charge in [0, 0.05) is 18.0 Å². The van der Waals surface area contributed by atoms with Crippen LogP contribution in [0.2, 0.25) is 10.0 Å². The zero-order valence-electron chi connectivity index (χ0n) is 14.2. The maximum atomic E-state index is 9.59. The molecule has 1 aliphatic rings. The van der Waals surface area contributed by atoms with Gasteiger partial charge >= 0.3 is 0 Å². The van der Waals surface area contributed by atoms with E-state index in [1.54, 1.807) is 25.3 Å². The number of hydrogen-bond donors (Lipinski definition) is 0. The van der Waals surface area contributed by atoms with Gasteiger partial charge in [-0.05, 0) is 43.9 Å². The zero-order chi connectivity index (χ0) is 18.5. The van der Waals surface area contributed by atoms with Crippen LogP contribution in [0.25, 0.3) is 11.6 Å². The minimum atomic E-state index is 0.130. The quantitative estimate of drug-likeness (QED) is 0.659. The summed E-state index contributed by atoms with van der Waals surface area (Å²) in [6.45, 7) is 0. The van der Waals surface area contributed by atoms with E-state index in [9.17, 15) is 5.26 Å². The maximum absolute atomic E-state index is 9.59. The molecule has 7 heteroatoms. The molecule has 0 aliphatic heterocycles. The highest BCUT2D eigenvalue weighted by molar-refractivity contribution is 6.37. The number of methoxy groups -OCH3 is 1. The highest BCUT2D eigenvalue weighted by Crippen LogP contribution is 2.33. The lowest BCUT2D eigenvalue weighted by molar-refractivity contribution is 0.191. The van der Waals surface area contributed by atoms with Crippen molar-refractivity contribution in [1.29, 1.82) is 5.26 Å². The van der Waals surface area contributed by atoms with Crippen molar-refractivity contribution in [1.82, 2.24) is 9.97 Å². The average Bonchev–Trinajstić information content (AvgIpc) is 3.15. The molecule has 0 spiro atoms. The number of allylic oxidation sites excluding steroid dienone is 1. The topological polar surface area (TPSA) is 68.0 Å². The Bertz CT molecular complexity index is 851. The zero-order valence-corrected chi connectivity index (χ0v) is 15.7. The van der Waals surface area contributed by atoms with E-state index in [0.29, 0.717) is 38.5 Å². The van der Waals surface area contributed by atoms with Crippen LogP contribution in [0.15, 0.2) is 24.5 Å². The van der Waals surface area contributed by atoms with Crippen LogP contribution in [0.4, 0.5) is 0 Å². The smallest absolute Gasteiger partial charge is 0.257 e. The van der Waals surface area contributed by atoms with Crippen molar-refractivity contribution in [2.45, 2.75) is 31.8 Å². The van der Waals surface area contributed by atoms with Crippen LogP contribution in [0, 0.1) is 11.3 Å². The summed E-state index contributed by atoms with van der Waals surface area (Å²) in [4.78, 5) is 8.41. The number of halogens is 2. The molecule has 26 heavy (non-hydrogen) atoms. The summed E-state index contributed by atoms with van der Waals surface area (Å²) in [6, 6.07) is 5.59. The van der Waals surface area contributed by atoms with E-state index in [1.165, 1.54) is 12.4 Å². The van der Waals surface area contributed by atoms with Crippen molar-refractivity contribution in [3.63, 3.8) is 0 Å². The third-order valence-corrected chi connectivity index (χ3v) is 4.80. The summed E-state index contributed by atoms with van der Waals surface area (Å²) >= 11 is 12.3. The fourth-order valence-corrected chi connectivity index (χ4v) is 3.32. The van der Waals surface area contributed by atoms with Gasteiger partial charge in [-0.2, -0.15) is 5.26 Å². The lowest BCUT2D eigenvalue weighted by Crippen LogP contribution is -2.13. The molecule has 0 amide bonds. The summed E-state index contributed by atoms with van der Waals surface area (Å²) < 4.78 is 11.3. The van der Waals surface area contributed by atoms with E-state index in [4.69, 9.17) is 32.7 Å². The second-order valence-electron chi connectivity index (χ2n) is 5.91. The van der Waals surface area contributed by atoms with Crippen LogP contribution >= 0.6 is 23.2 Å². The Balaban J connectivity index is 1.98. The second kappa shape index (κ2) is 8.39. The van der Waals surface area contributed by atoms with E-state index in [-0.39, 0.29) is 6.10 Å². The summed E-state index contributed by atoms with van der Waals surface area (Å²) in [7, 11) is 1.57. The van der Waals surface area contributed by atoms with Crippen molar-refractivity contribution in [2.75, 3.05) is 7.11 Å². The van der Waals surface area contributed by atoms with E-state index in [2.05, 4.69) is 16.0 Å². The molecule has 1 aliphatic carbocycles. The number of aromatic nitrogens is 2. The fraction of sp³-hybridized carbons (Fsp3) is 0.316. The predicted octanol–water partition coefficient (Wildman–Crippen LogP) is 5.18. The molecule has 5 nitrogen and oxygen atoms in total. The van der Waals surface area contributed by atoms with Crippen LogP contribution < -0.4 is 9.47 Å². The number of ether oxygens (including phenoxy) is 2. The van der Waals surface area contributed by atoms with Crippen LogP contribution in [0.5, 0.6) is 11.6 Å². The average molecular weight is 390 g/mol. The molecule has 0 N–H and O–H groups in total. The van der Waals surface area contributed by atoms with Crippen LogP contribution in [0.3, 0.4) is 0 Å². The fourth-order valence-electron chi connectivity index (χ4n) is 2.85. The molecule has 2 aromatic heterocycles. The maximum Gasteiger partial charge on any atom is 0.257 e. The first-order valence-corrected chi connectivity index (χ1v) is 9.01. The Morgan fingerprint density at radius 2 is 1.92 bits per heavy atom. The molecule has 0 bridgehead atoms. The molecule has 1 fully saturated rings. The largest absolute Gasteiger partial charge is 0.491 e. The molecule has 2 aromatic rings. The first-order valence-electron chi connectivity index (χ1n) is 8.25. The third kappa shape index (κ3) is 4.09. The first kappa shape index (κ1) is 18.5. The summed E-state index contributed by atoms with van der Waals surface area (Å²) in [6.07, 6.45) is 8.97. The molecule has 0 atom stereocenters. The molecular weight excluding hydrogens is 373 g/mol. The van der Waals surface area contributed by atoms with Gasteiger partial charge in [-0.25, -0.2) is 4.98 Å². The Labute approximate surface area is 162 Å². The third-order valence-electron chi connectivity index (χ3n) is 4.20. The van der Waals surface area contributed by atoms with E-state index in [1.807, 2.05) is 0 Å². The standard InChI is InChI=1S/C19H17Cl2N3O2/c1-25-18-7-6-17(24-19(18)26-13-4-2-3-5-13)12(9-22)8-14-15(20)10-23-11-16(14)21/h6-8,10-11,13H,2-5H2,1H3. The number of hydrogen-bond acceptors (Lipinski definition) is 5. The van der Waals surface area contributed by atoms with Gasteiger partial charge in [0.25, 0.3) is 5.88 Å². The van der Waals surface area contributed by atoms with Crippen molar-refractivity contribution in [3.05, 3.63) is 45.8 Å². The highest BCUT2D eigenvalue weighted by Gasteiger charge is 2.20. The number of nitrogens with zero attached hydrogens (tertiary/aromatic N) is 3. The Hall–Kier alpha value is -2.29. The summed E-state index contributed by atoms with van der Waals surface area (Å²) in [5, 5.41) is 10.3. The second-order valence-corrected chi connectivity index (χ2v) is 6.73. The Morgan fingerprint density at radius 3 is 2.54 bits per heavy atom. The molecule has 1 saturated carbocycles. The molecule has 3 rings (SSSR count). The van der Waals surface area contributed by atoms with Crippen molar-refractivity contribution in [3.8, 4) is 17.7 Å². The molecule has 2 heterocycles. The first-order chi connectivity index (χ1) is 12.6. The van der Waals surface area contributed by atoms with Gasteiger partial charge < -0.3 is 9.47 Å². The van der Waals surface area contributed by atoms with Crippen molar-refractivity contribution in [2.24, 2.45) is 0 Å². The van der Waals surface area contributed by atoms with Crippen molar-refractivity contribution >= 4 is 34.9 Å². The molecule has 134 valence electrons. The lowest BCUT2D eigenvalue weighted by Gasteiger charge is -2.15. The van der Waals surface area contributed by atoms with Gasteiger partial charge in [0.15, 0.2) is 5.75 Å². The summed E-state index contributed by atoms with van der Waals surface area (Å²) in [5.41, 5.74) is 1.31.